The van der Waals surface area contributed by atoms with Crippen LogP contribution in [-0.2, 0) is 4.79 Å². The first-order chi connectivity index (χ1) is 9.26. The van der Waals surface area contributed by atoms with Crippen molar-refractivity contribution in [2.24, 2.45) is 0 Å². The number of hydrogen-bond donors (Lipinski definition) is 2. The fourth-order valence-corrected chi connectivity index (χ4v) is 3.22. The maximum absolute atomic E-state index is 11.7. The predicted octanol–water partition coefficient (Wildman–Crippen LogP) is 2.16. The molecule has 0 aromatic rings. The lowest BCUT2D eigenvalue weighted by atomic mass is 10.2. The van der Waals surface area contributed by atoms with Gasteiger partial charge in [-0.15, -0.1) is 24.8 Å². The third kappa shape index (κ3) is 11.5. The third-order valence-electron chi connectivity index (χ3n) is 3.55. The Hall–Kier alpha value is 0.320. The molecule has 1 atom stereocenters. The lowest BCUT2D eigenvalue weighted by Crippen LogP contribution is -2.41. The summed E-state index contributed by atoms with van der Waals surface area (Å²) in [7, 11) is 0. The largest absolute Gasteiger partial charge is 0.356 e. The number of amides is 1. The zero-order chi connectivity index (χ0) is 13.9. The lowest BCUT2D eigenvalue weighted by Gasteiger charge is -2.22. The van der Waals surface area contributed by atoms with Gasteiger partial charge >= 0.3 is 0 Å². The molecule has 7 heteroatoms. The van der Waals surface area contributed by atoms with Crippen LogP contribution in [0.15, 0.2) is 0 Å². The van der Waals surface area contributed by atoms with E-state index < -0.39 is 0 Å². The molecule has 1 saturated heterocycles. The summed E-state index contributed by atoms with van der Waals surface area (Å²) in [5.41, 5.74) is 0. The predicted molar refractivity (Wildman–Crippen MR) is 98.3 cm³/mol. The van der Waals surface area contributed by atoms with Gasteiger partial charge in [0.2, 0.25) is 5.91 Å². The Bertz CT molecular complexity index is 250. The Balaban J connectivity index is 0. The van der Waals surface area contributed by atoms with E-state index in [1.165, 1.54) is 12.2 Å². The van der Waals surface area contributed by atoms with Gasteiger partial charge in [-0.05, 0) is 32.5 Å². The Morgan fingerprint density at radius 1 is 1.29 bits per heavy atom. The van der Waals surface area contributed by atoms with E-state index in [1.54, 1.807) is 0 Å². The van der Waals surface area contributed by atoms with E-state index in [1.807, 2.05) is 11.8 Å². The molecule has 128 valence electrons. The quantitative estimate of drug-likeness (QED) is 0.619. The Morgan fingerprint density at radius 3 is 2.57 bits per heavy atom. The van der Waals surface area contributed by atoms with Crippen molar-refractivity contribution in [1.82, 2.24) is 15.5 Å². The van der Waals surface area contributed by atoms with Crippen LogP contribution in [0.4, 0.5) is 0 Å². The topological polar surface area (TPSA) is 44.4 Å². The standard InChI is InChI=1S/C14H29N3OS.2ClH/c1-3-17(4-2)9-6-5-7-16-14(18)11-13-12-19-10-8-15-13;;/h13,15H,3-12H2,1-2H3,(H,16,18);2*1H. The first-order valence-corrected chi connectivity index (χ1v) is 8.71. The fraction of sp³-hybridized carbons (Fsp3) is 0.929. The molecule has 1 aliphatic rings. The van der Waals surface area contributed by atoms with Crippen LogP contribution in [0.1, 0.15) is 33.1 Å². The van der Waals surface area contributed by atoms with Crippen LogP contribution in [0, 0.1) is 0 Å². The van der Waals surface area contributed by atoms with Crippen LogP contribution in [0.25, 0.3) is 0 Å². The zero-order valence-corrected chi connectivity index (χ0v) is 15.7. The fourth-order valence-electron chi connectivity index (χ4n) is 2.27. The highest BCUT2D eigenvalue weighted by Crippen LogP contribution is 2.09. The van der Waals surface area contributed by atoms with E-state index in [2.05, 4.69) is 29.4 Å². The van der Waals surface area contributed by atoms with Gasteiger partial charge in [-0.1, -0.05) is 13.8 Å². The number of nitrogens with zero attached hydrogens (tertiary/aromatic N) is 1. The summed E-state index contributed by atoms with van der Waals surface area (Å²) >= 11 is 1.94. The van der Waals surface area contributed by atoms with Crippen molar-refractivity contribution in [3.8, 4) is 0 Å². The number of rotatable bonds is 9. The number of unbranched alkanes of at least 4 members (excludes halogenated alkanes) is 1. The van der Waals surface area contributed by atoms with Crippen LogP contribution in [0.5, 0.6) is 0 Å². The van der Waals surface area contributed by atoms with Crippen molar-refractivity contribution in [3.63, 3.8) is 0 Å². The van der Waals surface area contributed by atoms with E-state index >= 15 is 0 Å². The maximum atomic E-state index is 11.7. The van der Waals surface area contributed by atoms with Crippen LogP contribution in [0.3, 0.4) is 0 Å². The summed E-state index contributed by atoms with van der Waals surface area (Å²) < 4.78 is 0. The van der Waals surface area contributed by atoms with E-state index in [9.17, 15) is 4.79 Å². The minimum Gasteiger partial charge on any atom is -0.356 e. The van der Waals surface area contributed by atoms with Gasteiger partial charge in [-0.25, -0.2) is 0 Å². The molecule has 0 saturated carbocycles. The SMILES string of the molecule is CCN(CC)CCCCNC(=O)CC1CSCCN1.Cl.Cl. The molecule has 1 unspecified atom stereocenters. The van der Waals surface area contributed by atoms with Crippen molar-refractivity contribution in [2.45, 2.75) is 39.2 Å². The molecule has 4 nitrogen and oxygen atoms in total. The molecule has 1 amide bonds. The molecular weight excluding hydrogens is 329 g/mol. The van der Waals surface area contributed by atoms with Crippen LogP contribution >= 0.6 is 36.6 Å². The number of thioether (sulfide) groups is 1. The molecule has 1 heterocycles. The lowest BCUT2D eigenvalue weighted by molar-refractivity contribution is -0.121. The molecule has 1 rings (SSSR count). The molecule has 0 radical (unpaired) electrons. The van der Waals surface area contributed by atoms with E-state index in [-0.39, 0.29) is 30.7 Å². The smallest absolute Gasteiger partial charge is 0.221 e. The number of halogens is 2. The molecule has 0 aromatic carbocycles. The van der Waals surface area contributed by atoms with Gasteiger partial charge in [0.15, 0.2) is 0 Å². The van der Waals surface area contributed by atoms with Gasteiger partial charge in [0.1, 0.15) is 0 Å². The highest BCUT2D eigenvalue weighted by molar-refractivity contribution is 7.99. The minimum atomic E-state index is 0. The second-order valence-corrected chi connectivity index (χ2v) is 6.16. The maximum Gasteiger partial charge on any atom is 0.221 e. The minimum absolute atomic E-state index is 0. The molecule has 0 bridgehead atoms. The molecular formula is C14H31Cl2N3OS. The van der Waals surface area contributed by atoms with Gasteiger partial charge in [0.25, 0.3) is 0 Å². The van der Waals surface area contributed by atoms with Gasteiger partial charge < -0.3 is 15.5 Å². The Kier molecular flexibility index (Phi) is 17.1. The molecule has 0 aliphatic carbocycles. The van der Waals surface area contributed by atoms with Crippen molar-refractivity contribution in [3.05, 3.63) is 0 Å². The molecule has 1 aliphatic heterocycles. The average molecular weight is 360 g/mol. The summed E-state index contributed by atoms with van der Waals surface area (Å²) in [5, 5.41) is 6.43. The third-order valence-corrected chi connectivity index (χ3v) is 4.68. The first kappa shape index (κ1) is 23.6. The monoisotopic (exact) mass is 359 g/mol. The van der Waals surface area contributed by atoms with Crippen molar-refractivity contribution in [1.29, 1.82) is 0 Å². The molecule has 2 N–H and O–H groups in total. The Morgan fingerprint density at radius 2 is 2.00 bits per heavy atom. The second kappa shape index (κ2) is 15.2. The number of nitrogens with one attached hydrogen (secondary N) is 2. The van der Waals surface area contributed by atoms with Crippen LogP contribution in [0.2, 0.25) is 0 Å². The number of carbonyl (C=O) groups excluding carboxylic acids is 1. The van der Waals surface area contributed by atoms with Gasteiger partial charge in [0, 0.05) is 37.1 Å². The number of carbonyl (C=O) groups is 1. The normalized spacial score (nSPS) is 17.8. The molecule has 21 heavy (non-hydrogen) atoms. The highest BCUT2D eigenvalue weighted by Gasteiger charge is 2.16. The molecule has 0 spiro atoms. The van der Waals surface area contributed by atoms with Gasteiger partial charge in [-0.2, -0.15) is 11.8 Å². The number of hydrogen-bond acceptors (Lipinski definition) is 4. The average Bonchev–Trinajstić information content (AvgIpc) is 2.44. The summed E-state index contributed by atoms with van der Waals surface area (Å²) in [6, 6.07) is 0.370. The van der Waals surface area contributed by atoms with Crippen LogP contribution in [-0.4, -0.2) is 61.1 Å². The molecule has 0 aromatic heterocycles. The summed E-state index contributed by atoms with van der Waals surface area (Å²) in [5.74, 6) is 2.43. The second-order valence-electron chi connectivity index (χ2n) is 5.01. The Labute approximate surface area is 146 Å². The van der Waals surface area contributed by atoms with Crippen molar-refractivity contribution >= 4 is 42.5 Å². The highest BCUT2D eigenvalue weighted by atomic mass is 35.5. The summed E-state index contributed by atoms with van der Waals surface area (Å²) in [6.45, 7) is 9.62. The molecule has 1 fully saturated rings. The first-order valence-electron chi connectivity index (χ1n) is 7.56. The van der Waals surface area contributed by atoms with Gasteiger partial charge in [0.05, 0.1) is 0 Å². The van der Waals surface area contributed by atoms with Crippen molar-refractivity contribution in [2.75, 3.05) is 44.2 Å². The van der Waals surface area contributed by atoms with E-state index in [0.717, 1.165) is 44.9 Å². The van der Waals surface area contributed by atoms with Crippen molar-refractivity contribution < 1.29 is 4.79 Å². The van der Waals surface area contributed by atoms with Gasteiger partial charge in [-0.3, -0.25) is 4.79 Å². The van der Waals surface area contributed by atoms with Crippen LogP contribution < -0.4 is 10.6 Å². The summed E-state index contributed by atoms with van der Waals surface area (Å²) in [4.78, 5) is 14.2. The zero-order valence-electron chi connectivity index (χ0n) is 13.2. The van der Waals surface area contributed by atoms with E-state index in [0.29, 0.717) is 12.5 Å². The summed E-state index contributed by atoms with van der Waals surface area (Å²) in [6.07, 6.45) is 2.87. The van der Waals surface area contributed by atoms with E-state index in [4.69, 9.17) is 0 Å².